The van der Waals surface area contributed by atoms with Gasteiger partial charge in [-0.1, -0.05) is 12.8 Å². The Morgan fingerprint density at radius 1 is 1.35 bits per heavy atom. The zero-order valence-corrected chi connectivity index (χ0v) is 12.8. The maximum atomic E-state index is 11.2. The lowest BCUT2D eigenvalue weighted by Gasteiger charge is -2.11. The van der Waals surface area contributed by atoms with Crippen molar-refractivity contribution in [3.05, 3.63) is 21.9 Å². The quantitative estimate of drug-likeness (QED) is 0.591. The topological polar surface area (TPSA) is 47.6 Å². The lowest BCUT2D eigenvalue weighted by atomic mass is 10.3. The summed E-state index contributed by atoms with van der Waals surface area (Å²) in [7, 11) is 1.42. The van der Waals surface area contributed by atoms with Crippen LogP contribution in [0.25, 0.3) is 0 Å². The average Bonchev–Trinajstić information content (AvgIpc) is 3.10. The molecule has 0 amide bonds. The van der Waals surface area contributed by atoms with E-state index >= 15 is 0 Å². The summed E-state index contributed by atoms with van der Waals surface area (Å²) in [6, 6.07) is 4.06. The first kappa shape index (κ1) is 15.5. The molecule has 0 unspecified atom stereocenters. The van der Waals surface area contributed by atoms with Gasteiger partial charge in [0.1, 0.15) is 0 Å². The maximum absolute atomic E-state index is 11.2. The maximum Gasteiger partial charge on any atom is 0.310 e. The monoisotopic (exact) mass is 297 g/mol. The van der Waals surface area contributed by atoms with Crippen molar-refractivity contribution in [3.8, 4) is 0 Å². The fourth-order valence-electron chi connectivity index (χ4n) is 2.39. The van der Waals surface area contributed by atoms with Crippen molar-refractivity contribution >= 4 is 17.3 Å². The van der Waals surface area contributed by atoms with Gasteiger partial charge in [-0.2, -0.15) is 0 Å². The minimum Gasteiger partial charge on any atom is -0.469 e. The van der Waals surface area contributed by atoms with Crippen molar-refractivity contribution in [2.75, 3.05) is 20.3 Å². The van der Waals surface area contributed by atoms with Crippen LogP contribution in [0.4, 0.5) is 0 Å². The molecule has 20 heavy (non-hydrogen) atoms. The number of hydrogen-bond donors (Lipinski definition) is 1. The molecule has 1 N–H and O–H groups in total. The lowest BCUT2D eigenvalue weighted by molar-refractivity contribution is -0.139. The zero-order chi connectivity index (χ0) is 14.2. The highest BCUT2D eigenvalue weighted by molar-refractivity contribution is 7.12. The van der Waals surface area contributed by atoms with E-state index in [0.717, 1.165) is 24.6 Å². The van der Waals surface area contributed by atoms with E-state index in [2.05, 4.69) is 16.1 Å². The Morgan fingerprint density at radius 2 is 2.10 bits per heavy atom. The molecule has 0 radical (unpaired) electrons. The Hall–Kier alpha value is -0.910. The van der Waals surface area contributed by atoms with Gasteiger partial charge in [0.2, 0.25) is 0 Å². The van der Waals surface area contributed by atoms with Crippen LogP contribution in [-0.2, 0) is 27.2 Å². The molecule has 5 heteroatoms. The van der Waals surface area contributed by atoms with Gasteiger partial charge in [0.25, 0.3) is 0 Å². The van der Waals surface area contributed by atoms with Gasteiger partial charge in [-0.15, -0.1) is 11.3 Å². The molecule has 112 valence electrons. The fraction of sp³-hybridized carbons (Fsp3) is 0.667. The summed E-state index contributed by atoms with van der Waals surface area (Å²) in [5, 5.41) is 3.38. The number of esters is 1. The Labute approximate surface area is 124 Å². The van der Waals surface area contributed by atoms with E-state index in [4.69, 9.17) is 4.74 Å². The second kappa shape index (κ2) is 8.39. The molecule has 1 aliphatic rings. The van der Waals surface area contributed by atoms with Gasteiger partial charge in [-0.3, -0.25) is 4.79 Å². The van der Waals surface area contributed by atoms with Crippen LogP contribution in [0, 0.1) is 0 Å². The number of nitrogens with one attached hydrogen (secondary N) is 1. The van der Waals surface area contributed by atoms with E-state index in [9.17, 15) is 4.79 Å². The number of thiophene rings is 1. The van der Waals surface area contributed by atoms with Crippen LogP contribution >= 0.6 is 11.3 Å². The minimum absolute atomic E-state index is 0.184. The van der Waals surface area contributed by atoms with Crippen molar-refractivity contribution in [2.24, 2.45) is 0 Å². The molecule has 1 fully saturated rings. The minimum atomic E-state index is -0.184. The Morgan fingerprint density at radius 3 is 2.85 bits per heavy atom. The third-order valence-electron chi connectivity index (χ3n) is 3.50. The molecule has 1 heterocycles. The second-order valence-corrected chi connectivity index (χ2v) is 6.33. The molecule has 1 aromatic heterocycles. The highest BCUT2D eigenvalue weighted by Gasteiger charge is 2.14. The van der Waals surface area contributed by atoms with Gasteiger partial charge in [-0.25, -0.2) is 0 Å². The molecule has 0 aromatic carbocycles. The van der Waals surface area contributed by atoms with Crippen LogP contribution in [0.1, 0.15) is 35.4 Å². The highest BCUT2D eigenvalue weighted by atomic mass is 32.1. The SMILES string of the molecule is COC(=O)Cc1ccc(CNCCOC2CCCC2)s1. The second-order valence-electron chi connectivity index (χ2n) is 5.07. The smallest absolute Gasteiger partial charge is 0.310 e. The molecule has 4 nitrogen and oxygen atoms in total. The third-order valence-corrected chi connectivity index (χ3v) is 4.58. The van der Waals surface area contributed by atoms with Crippen molar-refractivity contribution in [1.82, 2.24) is 5.32 Å². The summed E-state index contributed by atoms with van der Waals surface area (Å²) in [5.74, 6) is -0.184. The molecule has 0 spiro atoms. The largest absolute Gasteiger partial charge is 0.469 e. The molecule has 1 saturated carbocycles. The van der Waals surface area contributed by atoms with Gasteiger partial charge < -0.3 is 14.8 Å². The molecule has 0 bridgehead atoms. The van der Waals surface area contributed by atoms with Gasteiger partial charge >= 0.3 is 5.97 Å². The first-order valence-corrected chi connectivity index (χ1v) is 8.06. The number of hydrogen-bond acceptors (Lipinski definition) is 5. The molecule has 1 aromatic rings. The number of rotatable bonds is 8. The van der Waals surface area contributed by atoms with Gasteiger partial charge in [0.15, 0.2) is 0 Å². The number of carbonyl (C=O) groups excluding carboxylic acids is 1. The van der Waals surface area contributed by atoms with Crippen LogP contribution < -0.4 is 5.32 Å². The molecular formula is C15H23NO3S. The Balaban J connectivity index is 1.58. The van der Waals surface area contributed by atoms with E-state index in [1.165, 1.54) is 37.7 Å². The molecule has 2 rings (SSSR count). The molecule has 0 atom stereocenters. The first-order valence-electron chi connectivity index (χ1n) is 7.24. The van der Waals surface area contributed by atoms with Gasteiger partial charge in [-0.05, 0) is 25.0 Å². The number of methoxy groups -OCH3 is 1. The van der Waals surface area contributed by atoms with E-state index in [-0.39, 0.29) is 5.97 Å². The van der Waals surface area contributed by atoms with Crippen LogP contribution in [0.2, 0.25) is 0 Å². The Bertz CT molecular complexity index is 413. The first-order chi connectivity index (χ1) is 9.78. The number of ether oxygens (including phenoxy) is 2. The lowest BCUT2D eigenvalue weighted by Crippen LogP contribution is -2.21. The molecular weight excluding hydrogens is 274 g/mol. The predicted molar refractivity (Wildman–Crippen MR) is 80.0 cm³/mol. The summed E-state index contributed by atoms with van der Waals surface area (Å²) in [4.78, 5) is 13.5. The van der Waals surface area contributed by atoms with Crippen molar-refractivity contribution in [3.63, 3.8) is 0 Å². The van der Waals surface area contributed by atoms with E-state index in [0.29, 0.717) is 12.5 Å². The zero-order valence-electron chi connectivity index (χ0n) is 12.0. The Kier molecular flexibility index (Phi) is 6.50. The average molecular weight is 297 g/mol. The summed E-state index contributed by atoms with van der Waals surface area (Å²) in [6.45, 7) is 2.49. The van der Waals surface area contributed by atoms with Crippen molar-refractivity contribution in [2.45, 2.75) is 44.8 Å². The summed E-state index contributed by atoms with van der Waals surface area (Å²) in [6.07, 6.45) is 5.94. The highest BCUT2D eigenvalue weighted by Crippen LogP contribution is 2.20. The summed E-state index contributed by atoms with van der Waals surface area (Å²) < 4.78 is 10.5. The van der Waals surface area contributed by atoms with E-state index < -0.39 is 0 Å². The summed E-state index contributed by atoms with van der Waals surface area (Å²) >= 11 is 1.66. The molecule has 0 aliphatic heterocycles. The van der Waals surface area contributed by atoms with Gasteiger partial charge in [0.05, 0.1) is 26.2 Å². The molecule has 0 saturated heterocycles. The third kappa shape index (κ3) is 5.23. The van der Waals surface area contributed by atoms with E-state index in [1.54, 1.807) is 11.3 Å². The van der Waals surface area contributed by atoms with Crippen molar-refractivity contribution < 1.29 is 14.3 Å². The van der Waals surface area contributed by atoms with Crippen LogP contribution in [-0.4, -0.2) is 32.3 Å². The van der Waals surface area contributed by atoms with Crippen LogP contribution in [0.5, 0.6) is 0 Å². The van der Waals surface area contributed by atoms with Crippen LogP contribution in [0.15, 0.2) is 12.1 Å². The predicted octanol–water partition coefficient (Wildman–Crippen LogP) is 2.51. The number of carbonyl (C=O) groups is 1. The van der Waals surface area contributed by atoms with E-state index in [1.807, 2.05) is 6.07 Å². The standard InChI is InChI=1S/C15H23NO3S/c1-18-15(17)10-13-6-7-14(20-13)11-16-8-9-19-12-4-2-3-5-12/h6-7,12,16H,2-5,8-11H2,1H3. The normalized spacial score (nSPS) is 15.7. The van der Waals surface area contributed by atoms with Crippen LogP contribution in [0.3, 0.4) is 0 Å². The fourth-order valence-corrected chi connectivity index (χ4v) is 3.36. The summed E-state index contributed by atoms with van der Waals surface area (Å²) in [5.41, 5.74) is 0. The van der Waals surface area contributed by atoms with Gasteiger partial charge in [0, 0.05) is 22.8 Å². The van der Waals surface area contributed by atoms with Crippen molar-refractivity contribution in [1.29, 1.82) is 0 Å². The molecule has 1 aliphatic carbocycles.